The van der Waals surface area contributed by atoms with Crippen molar-refractivity contribution in [1.82, 2.24) is 35.3 Å². The summed E-state index contributed by atoms with van der Waals surface area (Å²) in [5.74, 6) is -2.62. The van der Waals surface area contributed by atoms with Crippen LogP contribution in [0.25, 0.3) is 11.3 Å². The van der Waals surface area contributed by atoms with E-state index < -0.39 is 66.4 Å². The standard InChI is InChI=1S/C40H48F3N7O8/c41-29-6-7-32(42)31(18-29)34-24-48(22-26-4-2-1-3-5-26)38(47-34)37(27-10-14-56-15-11-27)50(23-28-19-44-21-33(28)43)39(54)46-20-30(25-51)58-40(55)45-12-16-57-17-13-49-35(52)8-9-36(49)53/h1-9,18,24,27-28,30,33,37,44,51H,10-17,19-23,25H2,(H,45,55)(H,46,54)/t28-,30+,33-,37+/m0/s1. The van der Waals surface area contributed by atoms with E-state index in [2.05, 4.69) is 16.0 Å². The maximum absolute atomic E-state index is 15.3. The predicted molar refractivity (Wildman–Crippen MR) is 203 cm³/mol. The lowest BCUT2D eigenvalue weighted by Gasteiger charge is -2.40. The molecule has 0 spiro atoms. The Hall–Kier alpha value is -5.30. The minimum atomic E-state index is -1.25. The zero-order valence-electron chi connectivity index (χ0n) is 31.9. The van der Waals surface area contributed by atoms with Gasteiger partial charge in [-0.05, 0) is 42.5 Å². The average molecular weight is 812 g/mol. The number of rotatable bonds is 18. The van der Waals surface area contributed by atoms with Gasteiger partial charge in [-0.3, -0.25) is 14.5 Å². The maximum Gasteiger partial charge on any atom is 0.407 e. The van der Waals surface area contributed by atoms with Crippen LogP contribution in [-0.2, 0) is 30.3 Å². The van der Waals surface area contributed by atoms with Crippen molar-refractivity contribution < 1.29 is 51.7 Å². The molecule has 312 valence electrons. The molecule has 0 radical (unpaired) electrons. The number of aliphatic hydroxyl groups excluding tert-OH is 1. The van der Waals surface area contributed by atoms with E-state index in [1.54, 1.807) is 6.20 Å². The van der Waals surface area contributed by atoms with Crippen LogP contribution < -0.4 is 16.0 Å². The number of aromatic nitrogens is 2. The SMILES string of the molecule is O=C(NCCOCCN1C(=O)C=CC1=O)O[C@@H](CO)CNC(=O)N(C[C@@H]1CNC[C@@H]1F)[C@@H](c1nc(-c2cc(F)ccc2F)cn1Cc1ccccc1)C1CCOCC1. The molecule has 58 heavy (non-hydrogen) atoms. The quantitative estimate of drug-likeness (QED) is 0.110. The van der Waals surface area contributed by atoms with E-state index in [1.807, 2.05) is 34.9 Å². The molecule has 3 aromatic rings. The van der Waals surface area contributed by atoms with Gasteiger partial charge < -0.3 is 44.7 Å². The highest BCUT2D eigenvalue weighted by Crippen LogP contribution is 2.38. The van der Waals surface area contributed by atoms with Crippen molar-refractivity contribution in [2.45, 2.75) is 37.7 Å². The van der Waals surface area contributed by atoms with E-state index in [4.69, 9.17) is 19.2 Å². The van der Waals surface area contributed by atoms with Crippen molar-refractivity contribution in [2.24, 2.45) is 11.8 Å². The van der Waals surface area contributed by atoms with Gasteiger partial charge in [0.2, 0.25) is 0 Å². The lowest BCUT2D eigenvalue weighted by atomic mass is 9.89. The fraction of sp³-hybridized carbons (Fsp3) is 0.475. The highest BCUT2D eigenvalue weighted by Gasteiger charge is 2.40. The second-order valence-electron chi connectivity index (χ2n) is 14.3. The van der Waals surface area contributed by atoms with Gasteiger partial charge in [0.15, 0.2) is 0 Å². The smallest absolute Gasteiger partial charge is 0.407 e. The summed E-state index contributed by atoms with van der Waals surface area (Å²) in [7, 11) is 0. The van der Waals surface area contributed by atoms with Crippen LogP contribution in [0.3, 0.4) is 0 Å². The number of aliphatic hydroxyl groups is 1. The first-order valence-corrected chi connectivity index (χ1v) is 19.3. The van der Waals surface area contributed by atoms with E-state index in [1.165, 1.54) is 17.1 Å². The molecular weight excluding hydrogens is 763 g/mol. The molecule has 18 heteroatoms. The number of hydrogen-bond donors (Lipinski definition) is 4. The number of imidazole rings is 1. The highest BCUT2D eigenvalue weighted by molar-refractivity contribution is 6.12. The number of benzene rings is 2. The van der Waals surface area contributed by atoms with Gasteiger partial charge in [0.1, 0.15) is 29.7 Å². The molecule has 4 heterocycles. The summed E-state index contributed by atoms with van der Waals surface area (Å²) in [5.41, 5.74) is 0.989. The molecule has 6 rings (SSSR count). The second kappa shape index (κ2) is 20.4. The molecule has 3 aliphatic heterocycles. The predicted octanol–water partition coefficient (Wildman–Crippen LogP) is 2.94. The molecule has 2 saturated heterocycles. The third-order valence-corrected chi connectivity index (χ3v) is 10.3. The number of hydrogen-bond acceptors (Lipinski definition) is 10. The van der Waals surface area contributed by atoms with Gasteiger partial charge in [-0.2, -0.15) is 0 Å². The summed E-state index contributed by atoms with van der Waals surface area (Å²) in [4.78, 5) is 57.8. The lowest BCUT2D eigenvalue weighted by Crippen LogP contribution is -2.51. The molecule has 0 unspecified atom stereocenters. The fourth-order valence-electron chi connectivity index (χ4n) is 7.26. The fourth-order valence-corrected chi connectivity index (χ4v) is 7.26. The highest BCUT2D eigenvalue weighted by atomic mass is 19.1. The number of carbonyl (C=O) groups excluding carboxylic acids is 4. The van der Waals surface area contributed by atoms with E-state index in [-0.39, 0.29) is 69.7 Å². The third-order valence-electron chi connectivity index (χ3n) is 10.3. The number of ether oxygens (including phenoxy) is 3. The molecule has 1 aromatic heterocycles. The monoisotopic (exact) mass is 811 g/mol. The molecule has 0 bridgehead atoms. The second-order valence-corrected chi connectivity index (χ2v) is 14.3. The topological polar surface area (TPSA) is 177 Å². The average Bonchev–Trinajstić information content (AvgIpc) is 3.93. The molecule has 3 aliphatic rings. The van der Waals surface area contributed by atoms with Gasteiger partial charge in [-0.25, -0.2) is 27.7 Å². The first kappa shape index (κ1) is 42.3. The summed E-state index contributed by atoms with van der Waals surface area (Å²) in [6.45, 7) is 0.689. The van der Waals surface area contributed by atoms with Crippen LogP contribution in [0.4, 0.5) is 22.8 Å². The van der Waals surface area contributed by atoms with E-state index in [9.17, 15) is 28.7 Å². The Bertz CT molecular complexity index is 1890. The van der Waals surface area contributed by atoms with Gasteiger partial charge in [-0.15, -0.1) is 0 Å². The Kier molecular flexibility index (Phi) is 14.9. The van der Waals surface area contributed by atoms with Crippen molar-refractivity contribution >= 4 is 23.9 Å². The summed E-state index contributed by atoms with van der Waals surface area (Å²) in [5, 5.41) is 18.4. The van der Waals surface area contributed by atoms with Crippen molar-refractivity contribution in [3.05, 3.63) is 89.9 Å². The van der Waals surface area contributed by atoms with E-state index >= 15 is 8.78 Å². The van der Waals surface area contributed by atoms with Crippen LogP contribution >= 0.6 is 0 Å². The van der Waals surface area contributed by atoms with Gasteiger partial charge in [0, 0.05) is 75.8 Å². The number of amides is 5. The Labute approximate surface area is 333 Å². The van der Waals surface area contributed by atoms with Crippen molar-refractivity contribution in [1.29, 1.82) is 0 Å². The number of alkyl halides is 1. The zero-order valence-corrected chi connectivity index (χ0v) is 31.9. The number of carbonyl (C=O) groups is 4. The molecule has 15 nitrogen and oxygen atoms in total. The van der Waals surface area contributed by atoms with Crippen molar-refractivity contribution in [3.8, 4) is 11.3 Å². The van der Waals surface area contributed by atoms with Crippen LogP contribution in [0.15, 0.2) is 66.9 Å². The van der Waals surface area contributed by atoms with Crippen LogP contribution in [0.1, 0.15) is 30.3 Å². The molecular formula is C40H48F3N7O8. The minimum Gasteiger partial charge on any atom is -0.442 e. The van der Waals surface area contributed by atoms with Gasteiger partial charge in [-0.1, -0.05) is 30.3 Å². The third kappa shape index (κ3) is 11.0. The Morgan fingerprint density at radius 1 is 1.03 bits per heavy atom. The number of urea groups is 1. The number of alkyl carbamates (subject to hydrolysis) is 1. The number of nitrogens with zero attached hydrogens (tertiary/aromatic N) is 4. The molecule has 2 fully saturated rings. The Morgan fingerprint density at radius 3 is 2.50 bits per heavy atom. The summed E-state index contributed by atoms with van der Waals surface area (Å²) in [6.07, 6.45) is 1.71. The van der Waals surface area contributed by atoms with Gasteiger partial charge in [0.05, 0.1) is 44.6 Å². The van der Waals surface area contributed by atoms with Crippen molar-refractivity contribution in [3.63, 3.8) is 0 Å². The summed E-state index contributed by atoms with van der Waals surface area (Å²) >= 11 is 0. The van der Waals surface area contributed by atoms with Crippen LogP contribution in [0.2, 0.25) is 0 Å². The van der Waals surface area contributed by atoms with Crippen LogP contribution in [-0.4, -0.2) is 133 Å². The lowest BCUT2D eigenvalue weighted by molar-refractivity contribution is -0.137. The normalized spacial score (nSPS) is 19.3. The molecule has 0 saturated carbocycles. The molecule has 4 N–H and O–H groups in total. The number of nitrogens with one attached hydrogen (secondary N) is 3. The molecule has 4 atom stereocenters. The summed E-state index contributed by atoms with van der Waals surface area (Å²) < 4.78 is 63.2. The first-order valence-electron chi connectivity index (χ1n) is 19.3. The van der Waals surface area contributed by atoms with E-state index in [0.29, 0.717) is 38.4 Å². The molecule has 2 aromatic carbocycles. The van der Waals surface area contributed by atoms with Crippen LogP contribution in [0, 0.1) is 23.5 Å². The maximum atomic E-state index is 15.3. The molecule has 5 amide bonds. The number of imide groups is 1. The van der Waals surface area contributed by atoms with Crippen LogP contribution in [0.5, 0.6) is 0 Å². The molecule has 0 aliphatic carbocycles. The minimum absolute atomic E-state index is 0.0149. The van der Waals surface area contributed by atoms with E-state index in [0.717, 1.165) is 28.7 Å². The Morgan fingerprint density at radius 2 is 1.79 bits per heavy atom. The first-order chi connectivity index (χ1) is 28.1. The summed E-state index contributed by atoms with van der Waals surface area (Å²) in [6, 6.07) is 11.1. The van der Waals surface area contributed by atoms with Crippen molar-refractivity contribution in [2.75, 3.05) is 72.3 Å². The largest absolute Gasteiger partial charge is 0.442 e. The zero-order chi connectivity index (χ0) is 41.0. The van der Waals surface area contributed by atoms with Gasteiger partial charge >= 0.3 is 12.1 Å². The number of halogens is 3. The Balaban J connectivity index is 1.20. The van der Waals surface area contributed by atoms with Gasteiger partial charge in [0.25, 0.3) is 11.8 Å².